The lowest BCUT2D eigenvalue weighted by molar-refractivity contribution is 0.0273. The van der Waals surface area contributed by atoms with Crippen LogP contribution in [0.3, 0.4) is 0 Å². The van der Waals surface area contributed by atoms with E-state index in [9.17, 15) is 0 Å². The van der Waals surface area contributed by atoms with Crippen molar-refractivity contribution in [2.75, 3.05) is 39.6 Å². The van der Waals surface area contributed by atoms with Gasteiger partial charge in [0.2, 0.25) is 0 Å². The summed E-state index contributed by atoms with van der Waals surface area (Å²) < 4.78 is 22.9. The third kappa shape index (κ3) is 18.3. The van der Waals surface area contributed by atoms with Crippen LogP contribution in [0.4, 0.5) is 0 Å². The second-order valence-electron chi connectivity index (χ2n) is 11.0. The monoisotopic (exact) mass is 554 g/mol. The second kappa shape index (κ2) is 24.7. The van der Waals surface area contributed by atoms with E-state index in [1.165, 1.54) is 101 Å². The van der Waals surface area contributed by atoms with Gasteiger partial charge in [0, 0.05) is 0 Å². The minimum atomic E-state index is 0.551. The summed E-state index contributed by atoms with van der Waals surface area (Å²) >= 11 is 0. The first kappa shape index (κ1) is 34.2. The molecule has 2 aromatic rings. The summed E-state index contributed by atoms with van der Waals surface area (Å²) in [5.41, 5.74) is 2.79. The Balaban J connectivity index is 1.38. The highest BCUT2D eigenvalue weighted by Gasteiger charge is 2.00. The van der Waals surface area contributed by atoms with Gasteiger partial charge in [-0.05, 0) is 61.1 Å². The minimum absolute atomic E-state index is 0.551. The summed E-state index contributed by atoms with van der Waals surface area (Å²) in [5, 5.41) is 0. The van der Waals surface area contributed by atoms with Crippen molar-refractivity contribution in [1.82, 2.24) is 0 Å². The van der Waals surface area contributed by atoms with Crippen LogP contribution in [0, 0.1) is 0 Å². The first-order valence-corrected chi connectivity index (χ1v) is 16.4. The van der Waals surface area contributed by atoms with Gasteiger partial charge in [0.25, 0.3) is 0 Å². The Labute approximate surface area is 246 Å². The van der Waals surface area contributed by atoms with Gasteiger partial charge in [0.1, 0.15) is 24.7 Å². The third-order valence-corrected chi connectivity index (χ3v) is 7.35. The molecular formula is C36H58O4. The fraction of sp³-hybridized carbons (Fsp3) is 0.667. The van der Waals surface area contributed by atoms with Gasteiger partial charge < -0.3 is 18.9 Å². The molecule has 2 aromatic carbocycles. The second-order valence-corrected chi connectivity index (χ2v) is 11.0. The lowest BCUT2D eigenvalue weighted by Crippen LogP contribution is -2.13. The smallest absolute Gasteiger partial charge is 0.119 e. The Morgan fingerprint density at radius 3 is 1.07 bits per heavy atom. The van der Waals surface area contributed by atoms with E-state index in [0.717, 1.165) is 24.3 Å². The molecule has 0 heterocycles. The Bertz CT molecular complexity index is 733. The molecule has 0 amide bonds. The van der Waals surface area contributed by atoms with Crippen molar-refractivity contribution in [1.29, 1.82) is 0 Å². The number of aryl methyl sites for hydroxylation is 2. The van der Waals surface area contributed by atoms with Crippen LogP contribution in [0.5, 0.6) is 11.5 Å². The van der Waals surface area contributed by atoms with Crippen LogP contribution in [0.15, 0.2) is 48.5 Å². The normalized spacial score (nSPS) is 11.2. The van der Waals surface area contributed by atoms with Crippen LogP contribution in [0.1, 0.15) is 115 Å². The highest BCUT2D eigenvalue weighted by Crippen LogP contribution is 2.16. The highest BCUT2D eigenvalue weighted by atomic mass is 16.6. The Kier molecular flexibility index (Phi) is 21.1. The molecule has 4 nitrogen and oxygen atoms in total. The minimum Gasteiger partial charge on any atom is -0.491 e. The first-order chi connectivity index (χ1) is 19.8. The van der Waals surface area contributed by atoms with E-state index in [2.05, 4.69) is 62.4 Å². The Hall–Kier alpha value is -2.04. The number of hydrogen-bond acceptors (Lipinski definition) is 4. The topological polar surface area (TPSA) is 36.9 Å². The summed E-state index contributed by atoms with van der Waals surface area (Å²) in [6.07, 6.45) is 21.2. The van der Waals surface area contributed by atoms with E-state index in [4.69, 9.17) is 18.9 Å². The molecule has 0 radical (unpaired) electrons. The molecule has 0 aromatic heterocycles. The van der Waals surface area contributed by atoms with Gasteiger partial charge in [-0.2, -0.15) is 0 Å². The van der Waals surface area contributed by atoms with Gasteiger partial charge in [-0.25, -0.2) is 0 Å². The summed E-state index contributed by atoms with van der Waals surface area (Å²) in [4.78, 5) is 0. The third-order valence-electron chi connectivity index (χ3n) is 7.35. The maximum Gasteiger partial charge on any atom is 0.119 e. The molecule has 0 aliphatic rings. The van der Waals surface area contributed by atoms with Gasteiger partial charge in [-0.15, -0.1) is 0 Å². The van der Waals surface area contributed by atoms with E-state index in [0.29, 0.717) is 39.6 Å². The number of ether oxygens (including phenoxy) is 4. The van der Waals surface area contributed by atoms with Gasteiger partial charge in [-0.3, -0.25) is 0 Å². The van der Waals surface area contributed by atoms with E-state index >= 15 is 0 Å². The zero-order chi connectivity index (χ0) is 28.4. The van der Waals surface area contributed by atoms with Crippen molar-refractivity contribution in [3.8, 4) is 11.5 Å². The van der Waals surface area contributed by atoms with Crippen LogP contribution in [0.25, 0.3) is 0 Å². The summed E-state index contributed by atoms with van der Waals surface area (Å²) in [6.45, 7) is 7.89. The first-order valence-electron chi connectivity index (χ1n) is 16.4. The fourth-order valence-electron chi connectivity index (χ4n) is 4.84. The van der Waals surface area contributed by atoms with Crippen LogP contribution >= 0.6 is 0 Å². The maximum absolute atomic E-state index is 5.80. The van der Waals surface area contributed by atoms with Crippen LogP contribution < -0.4 is 9.47 Å². The van der Waals surface area contributed by atoms with Gasteiger partial charge in [0.15, 0.2) is 0 Å². The molecule has 4 heteroatoms. The van der Waals surface area contributed by atoms with E-state index in [1.807, 2.05) is 0 Å². The standard InChI is InChI=1S/C36H58O4/c1-3-5-7-9-11-13-15-17-33-19-23-35(24-20-33)39-31-29-37-27-28-38-30-32-40-36-25-21-34(22-26-36)18-16-14-12-10-8-6-4-2/h19-26H,3-18,27-32H2,1-2H3. The van der Waals surface area contributed by atoms with Crippen LogP contribution in [-0.2, 0) is 22.3 Å². The van der Waals surface area contributed by atoms with E-state index in [-0.39, 0.29) is 0 Å². The molecule has 0 saturated carbocycles. The Morgan fingerprint density at radius 1 is 0.375 bits per heavy atom. The molecule has 0 bridgehead atoms. The van der Waals surface area contributed by atoms with Crippen LogP contribution in [-0.4, -0.2) is 39.6 Å². The predicted molar refractivity (Wildman–Crippen MR) is 169 cm³/mol. The summed E-state index contributed by atoms with van der Waals surface area (Å²) in [7, 11) is 0. The lowest BCUT2D eigenvalue weighted by Gasteiger charge is -2.10. The van der Waals surface area contributed by atoms with Crippen molar-refractivity contribution in [2.45, 2.75) is 117 Å². The van der Waals surface area contributed by atoms with E-state index in [1.54, 1.807) is 0 Å². The molecule has 2 rings (SSSR count). The number of rotatable bonds is 27. The molecule has 0 unspecified atom stereocenters. The quantitative estimate of drug-likeness (QED) is 0.103. The van der Waals surface area contributed by atoms with Crippen molar-refractivity contribution in [2.24, 2.45) is 0 Å². The molecule has 0 spiro atoms. The van der Waals surface area contributed by atoms with E-state index < -0.39 is 0 Å². The fourth-order valence-corrected chi connectivity index (χ4v) is 4.84. The maximum atomic E-state index is 5.80. The van der Waals surface area contributed by atoms with Gasteiger partial charge in [0.05, 0.1) is 26.4 Å². The zero-order valence-corrected chi connectivity index (χ0v) is 25.8. The summed E-state index contributed by atoms with van der Waals surface area (Å²) in [6, 6.07) is 17.0. The van der Waals surface area contributed by atoms with Crippen molar-refractivity contribution < 1.29 is 18.9 Å². The molecule has 0 aliphatic heterocycles. The highest BCUT2D eigenvalue weighted by molar-refractivity contribution is 5.28. The molecule has 0 N–H and O–H groups in total. The zero-order valence-electron chi connectivity index (χ0n) is 25.8. The van der Waals surface area contributed by atoms with Crippen molar-refractivity contribution >= 4 is 0 Å². The van der Waals surface area contributed by atoms with Crippen LogP contribution in [0.2, 0.25) is 0 Å². The average molecular weight is 555 g/mol. The Morgan fingerprint density at radius 2 is 0.700 bits per heavy atom. The largest absolute Gasteiger partial charge is 0.491 e. The summed E-state index contributed by atoms with van der Waals surface area (Å²) in [5.74, 6) is 1.82. The van der Waals surface area contributed by atoms with Gasteiger partial charge in [-0.1, -0.05) is 115 Å². The predicted octanol–water partition coefficient (Wildman–Crippen LogP) is 9.76. The lowest BCUT2D eigenvalue weighted by atomic mass is 10.0. The molecule has 0 fully saturated rings. The van der Waals surface area contributed by atoms with Crippen molar-refractivity contribution in [3.05, 3.63) is 59.7 Å². The molecule has 0 atom stereocenters. The number of benzene rings is 2. The van der Waals surface area contributed by atoms with Crippen molar-refractivity contribution in [3.63, 3.8) is 0 Å². The molecular weight excluding hydrogens is 496 g/mol. The SMILES string of the molecule is CCCCCCCCCc1ccc(OCCOCCOCCOc2ccc(CCCCCCCCC)cc2)cc1. The molecule has 226 valence electrons. The van der Waals surface area contributed by atoms with Gasteiger partial charge >= 0.3 is 0 Å². The molecule has 0 saturated heterocycles. The molecule has 40 heavy (non-hydrogen) atoms. The average Bonchev–Trinajstić information content (AvgIpc) is 2.98. The number of unbranched alkanes of at least 4 members (excludes halogenated alkanes) is 12. The number of hydrogen-bond donors (Lipinski definition) is 0. The molecule has 0 aliphatic carbocycles.